The predicted octanol–water partition coefficient (Wildman–Crippen LogP) is 1.78. The molecule has 6 heteroatoms. The Morgan fingerprint density at radius 1 is 1.36 bits per heavy atom. The van der Waals surface area contributed by atoms with E-state index in [2.05, 4.69) is 10.00 Å². The van der Waals surface area contributed by atoms with E-state index in [0.29, 0.717) is 12.5 Å². The summed E-state index contributed by atoms with van der Waals surface area (Å²) in [6, 6.07) is 2.70. The maximum Gasteiger partial charge on any atom is 0.227 e. The normalized spacial score (nSPS) is 25.7. The number of rotatable bonds is 3. The van der Waals surface area contributed by atoms with Gasteiger partial charge in [-0.2, -0.15) is 5.10 Å². The van der Waals surface area contributed by atoms with Gasteiger partial charge >= 0.3 is 0 Å². The molecule has 22 heavy (non-hydrogen) atoms. The van der Waals surface area contributed by atoms with Crippen molar-refractivity contribution >= 4 is 11.6 Å². The minimum absolute atomic E-state index is 0.222. The van der Waals surface area contributed by atoms with Gasteiger partial charge in [0.2, 0.25) is 5.91 Å². The smallest absolute Gasteiger partial charge is 0.227 e. The third-order valence-corrected chi connectivity index (χ3v) is 4.81. The lowest BCUT2D eigenvalue weighted by atomic mass is 9.96. The summed E-state index contributed by atoms with van der Waals surface area (Å²) in [6.45, 7) is 1.91. The van der Waals surface area contributed by atoms with Gasteiger partial charge in [0.15, 0.2) is 0 Å². The highest BCUT2D eigenvalue weighted by atomic mass is 16.3. The van der Waals surface area contributed by atoms with Crippen molar-refractivity contribution < 1.29 is 9.21 Å². The Kier molecular flexibility index (Phi) is 3.26. The van der Waals surface area contributed by atoms with Gasteiger partial charge in [-0.25, -0.2) is 0 Å². The average molecular weight is 300 g/mol. The van der Waals surface area contributed by atoms with Crippen LogP contribution in [0.3, 0.4) is 0 Å². The molecule has 2 aromatic heterocycles. The molecule has 0 saturated carbocycles. The van der Waals surface area contributed by atoms with Crippen molar-refractivity contribution in [3.8, 4) is 0 Å². The molecule has 2 atom stereocenters. The van der Waals surface area contributed by atoms with E-state index < -0.39 is 0 Å². The second-order valence-electron chi connectivity index (χ2n) is 6.20. The number of piperidine rings is 1. The molecule has 4 heterocycles. The highest BCUT2D eigenvalue weighted by molar-refractivity contribution is 5.94. The van der Waals surface area contributed by atoms with E-state index in [-0.39, 0.29) is 11.9 Å². The third-order valence-electron chi connectivity index (χ3n) is 4.81. The lowest BCUT2D eigenvalue weighted by Crippen LogP contribution is -2.52. The van der Waals surface area contributed by atoms with Gasteiger partial charge in [0.1, 0.15) is 0 Å². The van der Waals surface area contributed by atoms with Crippen LogP contribution < -0.4 is 4.90 Å². The summed E-state index contributed by atoms with van der Waals surface area (Å²) in [5.74, 6) is 0.222. The Morgan fingerprint density at radius 3 is 3.00 bits per heavy atom. The quantitative estimate of drug-likeness (QED) is 0.867. The topological polar surface area (TPSA) is 54.5 Å². The summed E-state index contributed by atoms with van der Waals surface area (Å²) < 4.78 is 6.92. The summed E-state index contributed by atoms with van der Waals surface area (Å²) in [6.07, 6.45) is 9.81. The number of carbonyl (C=O) groups is 1. The van der Waals surface area contributed by atoms with E-state index >= 15 is 0 Å². The Hall–Kier alpha value is -2.08. The van der Waals surface area contributed by atoms with Gasteiger partial charge < -0.3 is 9.32 Å². The van der Waals surface area contributed by atoms with E-state index in [9.17, 15) is 4.79 Å². The molecule has 2 aromatic rings. The summed E-state index contributed by atoms with van der Waals surface area (Å²) in [4.78, 5) is 16.9. The van der Waals surface area contributed by atoms with Crippen LogP contribution in [0.2, 0.25) is 0 Å². The van der Waals surface area contributed by atoms with Crippen LogP contribution in [0, 0.1) is 0 Å². The predicted molar refractivity (Wildman–Crippen MR) is 81.2 cm³/mol. The van der Waals surface area contributed by atoms with E-state index in [1.54, 1.807) is 23.4 Å². The molecule has 0 N–H and O–H groups in total. The highest BCUT2D eigenvalue weighted by Crippen LogP contribution is 2.35. The number of amides is 1. The molecule has 0 bridgehead atoms. The molecule has 1 amide bonds. The summed E-state index contributed by atoms with van der Waals surface area (Å²) >= 11 is 0. The molecule has 0 radical (unpaired) electrons. The van der Waals surface area contributed by atoms with E-state index in [1.807, 2.05) is 24.2 Å². The Labute approximate surface area is 129 Å². The second kappa shape index (κ2) is 5.28. The zero-order valence-corrected chi connectivity index (χ0v) is 12.7. The summed E-state index contributed by atoms with van der Waals surface area (Å²) in [5, 5.41) is 4.22. The number of nitrogens with zero attached hydrogens (tertiary/aromatic N) is 4. The van der Waals surface area contributed by atoms with Gasteiger partial charge in [-0.15, -0.1) is 0 Å². The van der Waals surface area contributed by atoms with Gasteiger partial charge in [0, 0.05) is 44.4 Å². The standard InChI is InChI=1S/C16H20N4O2/c1-18-10-13(8-17-18)20-15-4-6-19(9-12-5-7-22-11-12)14(15)2-3-16(20)21/h5,7-8,10-11,14-15H,2-4,6,9H2,1H3/t14-,15+/m1/s1. The number of aryl methyl sites for hydroxylation is 1. The van der Waals surface area contributed by atoms with Crippen LogP contribution in [-0.4, -0.2) is 39.2 Å². The molecule has 116 valence electrons. The fourth-order valence-corrected chi connectivity index (χ4v) is 3.83. The zero-order valence-electron chi connectivity index (χ0n) is 12.7. The van der Waals surface area contributed by atoms with Crippen molar-refractivity contribution in [1.29, 1.82) is 0 Å². The molecule has 0 aliphatic carbocycles. The SMILES string of the molecule is Cn1cc(N2C(=O)CC[C@@H]3[C@@H]2CCN3Cc2ccoc2)cn1. The lowest BCUT2D eigenvalue weighted by Gasteiger charge is -2.39. The fraction of sp³-hybridized carbons (Fsp3) is 0.500. The Bertz CT molecular complexity index is 664. The molecule has 6 nitrogen and oxygen atoms in total. The second-order valence-corrected chi connectivity index (χ2v) is 6.20. The summed E-state index contributed by atoms with van der Waals surface area (Å²) in [5.41, 5.74) is 2.12. The van der Waals surface area contributed by atoms with Gasteiger partial charge in [-0.05, 0) is 18.9 Å². The molecule has 0 spiro atoms. The van der Waals surface area contributed by atoms with E-state index in [4.69, 9.17) is 4.42 Å². The van der Waals surface area contributed by atoms with E-state index in [1.165, 1.54) is 5.56 Å². The number of anilines is 1. The molecule has 0 unspecified atom stereocenters. The van der Waals surface area contributed by atoms with Gasteiger partial charge in [-0.3, -0.25) is 14.4 Å². The van der Waals surface area contributed by atoms with Crippen LogP contribution in [0.15, 0.2) is 35.4 Å². The first kappa shape index (κ1) is 13.6. The van der Waals surface area contributed by atoms with Crippen molar-refractivity contribution in [2.24, 2.45) is 7.05 Å². The number of hydrogen-bond donors (Lipinski definition) is 0. The monoisotopic (exact) mass is 300 g/mol. The number of carbonyl (C=O) groups excluding carboxylic acids is 1. The Morgan fingerprint density at radius 2 is 2.27 bits per heavy atom. The van der Waals surface area contributed by atoms with Crippen LogP contribution in [0.1, 0.15) is 24.8 Å². The van der Waals surface area contributed by atoms with Crippen molar-refractivity contribution in [2.45, 2.75) is 37.9 Å². The lowest BCUT2D eigenvalue weighted by molar-refractivity contribution is -0.120. The maximum atomic E-state index is 12.4. The number of likely N-dealkylation sites (tertiary alicyclic amines) is 1. The first-order chi connectivity index (χ1) is 10.7. The largest absolute Gasteiger partial charge is 0.472 e. The minimum atomic E-state index is 0.222. The summed E-state index contributed by atoms with van der Waals surface area (Å²) in [7, 11) is 1.88. The molecule has 0 aromatic carbocycles. The van der Waals surface area contributed by atoms with Crippen molar-refractivity contribution in [3.05, 3.63) is 36.5 Å². The zero-order chi connectivity index (χ0) is 15.1. The van der Waals surface area contributed by atoms with E-state index in [0.717, 1.165) is 31.6 Å². The number of furan rings is 1. The number of hydrogen-bond acceptors (Lipinski definition) is 4. The van der Waals surface area contributed by atoms with Gasteiger partial charge in [0.25, 0.3) is 0 Å². The van der Waals surface area contributed by atoms with Crippen LogP contribution in [-0.2, 0) is 18.4 Å². The first-order valence-corrected chi connectivity index (χ1v) is 7.78. The van der Waals surface area contributed by atoms with Crippen LogP contribution in [0.25, 0.3) is 0 Å². The van der Waals surface area contributed by atoms with Gasteiger partial charge in [-0.1, -0.05) is 0 Å². The average Bonchev–Trinajstić information content (AvgIpc) is 3.22. The molecule has 2 fully saturated rings. The molecule has 2 saturated heterocycles. The maximum absolute atomic E-state index is 12.4. The van der Waals surface area contributed by atoms with Crippen molar-refractivity contribution in [2.75, 3.05) is 11.4 Å². The Balaban J connectivity index is 1.56. The molecule has 2 aliphatic heterocycles. The van der Waals surface area contributed by atoms with Crippen LogP contribution >= 0.6 is 0 Å². The number of fused-ring (bicyclic) bond motifs is 1. The minimum Gasteiger partial charge on any atom is -0.472 e. The third kappa shape index (κ3) is 2.23. The van der Waals surface area contributed by atoms with Crippen LogP contribution in [0.4, 0.5) is 5.69 Å². The number of aromatic nitrogens is 2. The first-order valence-electron chi connectivity index (χ1n) is 7.78. The fourth-order valence-electron chi connectivity index (χ4n) is 3.83. The van der Waals surface area contributed by atoms with Crippen LogP contribution in [0.5, 0.6) is 0 Å². The van der Waals surface area contributed by atoms with Gasteiger partial charge in [0.05, 0.1) is 30.5 Å². The van der Waals surface area contributed by atoms with Crippen molar-refractivity contribution in [3.63, 3.8) is 0 Å². The molecule has 2 aliphatic rings. The molecular weight excluding hydrogens is 280 g/mol. The molecule has 4 rings (SSSR count). The molecular formula is C16H20N4O2. The van der Waals surface area contributed by atoms with Crippen molar-refractivity contribution in [1.82, 2.24) is 14.7 Å². The highest BCUT2D eigenvalue weighted by Gasteiger charge is 2.43.